The predicted octanol–water partition coefficient (Wildman–Crippen LogP) is 1.91. The lowest BCUT2D eigenvalue weighted by molar-refractivity contribution is 0.0980. The molecule has 13 heteroatoms. The minimum atomic E-state index is -4.92. The van der Waals surface area contributed by atoms with Crippen LogP contribution in [0.15, 0.2) is 58.1 Å². The second kappa shape index (κ2) is 8.08. The van der Waals surface area contributed by atoms with E-state index in [0.29, 0.717) is 5.57 Å². The van der Waals surface area contributed by atoms with E-state index in [1.165, 1.54) is 45.0 Å². The number of rotatable bonds is 4. The van der Waals surface area contributed by atoms with Gasteiger partial charge in [0.1, 0.15) is 9.64 Å². The van der Waals surface area contributed by atoms with Crippen molar-refractivity contribution in [2.75, 3.05) is 11.1 Å². The minimum Gasteiger partial charge on any atom is -0.397 e. The fourth-order valence-corrected chi connectivity index (χ4v) is 6.13. The van der Waals surface area contributed by atoms with Crippen LogP contribution >= 0.6 is 0 Å². The number of allylic oxidation sites excluding steroid dienone is 1. The average molecular weight is 534 g/mol. The Hall–Kier alpha value is -3.36. The first-order valence-electron chi connectivity index (χ1n) is 10.5. The Morgan fingerprint density at radius 3 is 2.00 bits per heavy atom. The summed E-state index contributed by atoms with van der Waals surface area (Å²) in [6, 6.07) is 5.66. The molecule has 2 atom stereocenters. The smallest absolute Gasteiger partial charge is 0.296 e. The third kappa shape index (κ3) is 3.67. The van der Waals surface area contributed by atoms with Crippen LogP contribution in [0.1, 0.15) is 52.6 Å². The summed E-state index contributed by atoms with van der Waals surface area (Å²) in [7, 11) is -9.54. The summed E-state index contributed by atoms with van der Waals surface area (Å²) in [5.74, 6) is -1.32. The van der Waals surface area contributed by atoms with Crippen molar-refractivity contribution in [2.45, 2.75) is 36.5 Å². The van der Waals surface area contributed by atoms with Gasteiger partial charge in [-0.25, -0.2) is 0 Å². The number of nitrogens with one attached hydrogen (secondary N) is 1. The standard InChI is InChI=1S/C23H23N3O8S2/c1-10-9-23(3,36(32,33)34)22(25)11(2)19(10)26-14-8-15(35(29,30)31)18(24)17-16(14)20(27)12-6-4-5-7-13(12)21(17)28/h4-9,22,26H,24-25H2,1-3H3,(H,29,30,31)(H,32,33,34). The van der Waals surface area contributed by atoms with E-state index in [2.05, 4.69) is 5.32 Å². The quantitative estimate of drug-likeness (QED) is 0.242. The Bertz CT molecular complexity index is 1660. The van der Waals surface area contributed by atoms with Crippen molar-refractivity contribution in [3.05, 3.63) is 75.5 Å². The number of carbonyl (C=O) groups is 2. The summed E-state index contributed by atoms with van der Waals surface area (Å²) in [5.41, 5.74) is 11.7. The van der Waals surface area contributed by atoms with Gasteiger partial charge in [0.25, 0.3) is 20.2 Å². The second-order valence-corrected chi connectivity index (χ2v) is 12.1. The van der Waals surface area contributed by atoms with Gasteiger partial charge in [-0.05, 0) is 38.0 Å². The number of benzene rings is 2. The van der Waals surface area contributed by atoms with Gasteiger partial charge in [0.15, 0.2) is 11.6 Å². The van der Waals surface area contributed by atoms with Crippen molar-refractivity contribution in [3.8, 4) is 0 Å². The third-order valence-electron chi connectivity index (χ3n) is 6.67. The van der Waals surface area contributed by atoms with Crippen LogP contribution in [-0.2, 0) is 20.2 Å². The molecule has 0 spiro atoms. The van der Waals surface area contributed by atoms with E-state index in [-0.39, 0.29) is 39.2 Å². The van der Waals surface area contributed by atoms with Gasteiger partial charge in [-0.2, -0.15) is 16.8 Å². The molecule has 0 saturated carbocycles. The van der Waals surface area contributed by atoms with E-state index in [0.717, 1.165) is 6.07 Å². The number of anilines is 2. The number of nitrogens with two attached hydrogens (primary N) is 2. The highest BCUT2D eigenvalue weighted by Crippen LogP contribution is 2.41. The van der Waals surface area contributed by atoms with Crippen LogP contribution in [-0.4, -0.2) is 48.3 Å². The zero-order valence-corrected chi connectivity index (χ0v) is 21.0. The molecule has 2 aliphatic carbocycles. The predicted molar refractivity (Wildman–Crippen MR) is 132 cm³/mol. The maximum atomic E-state index is 13.5. The van der Waals surface area contributed by atoms with Crippen LogP contribution < -0.4 is 16.8 Å². The van der Waals surface area contributed by atoms with Gasteiger partial charge in [-0.1, -0.05) is 30.3 Å². The molecule has 7 N–H and O–H groups in total. The topological polar surface area (TPSA) is 207 Å². The summed E-state index contributed by atoms with van der Waals surface area (Å²) in [4.78, 5) is 26.0. The molecule has 0 radical (unpaired) electrons. The average Bonchev–Trinajstić information content (AvgIpc) is 2.77. The van der Waals surface area contributed by atoms with E-state index >= 15 is 0 Å². The molecule has 4 rings (SSSR count). The normalized spacial score (nSPS) is 22.2. The zero-order valence-electron chi connectivity index (χ0n) is 19.4. The van der Waals surface area contributed by atoms with Gasteiger partial charge in [0.05, 0.1) is 28.5 Å². The second-order valence-electron chi connectivity index (χ2n) is 8.91. The molecule has 36 heavy (non-hydrogen) atoms. The molecule has 0 fully saturated rings. The van der Waals surface area contributed by atoms with Gasteiger partial charge in [0, 0.05) is 16.8 Å². The first-order valence-corrected chi connectivity index (χ1v) is 13.4. The number of ketones is 2. The summed E-state index contributed by atoms with van der Waals surface area (Å²) >= 11 is 0. The van der Waals surface area contributed by atoms with E-state index in [9.17, 15) is 35.5 Å². The number of fused-ring (bicyclic) bond motifs is 2. The van der Waals surface area contributed by atoms with Crippen molar-refractivity contribution in [1.82, 2.24) is 0 Å². The molecule has 0 bridgehead atoms. The molecule has 0 saturated heterocycles. The van der Waals surface area contributed by atoms with E-state index in [4.69, 9.17) is 11.5 Å². The van der Waals surface area contributed by atoms with Gasteiger partial charge >= 0.3 is 0 Å². The highest BCUT2D eigenvalue weighted by atomic mass is 32.2. The Morgan fingerprint density at radius 1 is 0.972 bits per heavy atom. The minimum absolute atomic E-state index is 0.0233. The number of hydrogen-bond acceptors (Lipinski definition) is 9. The Balaban J connectivity index is 1.99. The molecule has 2 unspecified atom stereocenters. The molecule has 11 nitrogen and oxygen atoms in total. The summed E-state index contributed by atoms with van der Waals surface area (Å²) < 4.78 is 66.0. The van der Waals surface area contributed by atoms with Gasteiger partial charge in [-0.15, -0.1) is 0 Å². The lowest BCUT2D eigenvalue weighted by atomic mass is 9.81. The van der Waals surface area contributed by atoms with Crippen LogP contribution in [0.5, 0.6) is 0 Å². The van der Waals surface area contributed by atoms with Crippen molar-refractivity contribution < 1.29 is 35.5 Å². The molecule has 190 valence electrons. The Kier molecular flexibility index (Phi) is 5.77. The van der Waals surface area contributed by atoms with Crippen molar-refractivity contribution in [2.24, 2.45) is 5.73 Å². The van der Waals surface area contributed by atoms with Gasteiger partial charge < -0.3 is 16.8 Å². The van der Waals surface area contributed by atoms with Crippen molar-refractivity contribution in [1.29, 1.82) is 0 Å². The SMILES string of the molecule is CC1=CC(C)(S(=O)(=O)O)C(N)C(C)=C1Nc1cc(S(=O)(=O)O)c(N)c2c1C(=O)c1ccccc1C2=O. The van der Waals surface area contributed by atoms with Crippen molar-refractivity contribution in [3.63, 3.8) is 0 Å². The maximum absolute atomic E-state index is 13.5. The fourth-order valence-electron chi connectivity index (χ4n) is 4.66. The molecule has 2 aromatic carbocycles. The van der Waals surface area contributed by atoms with Crippen LogP contribution in [0.2, 0.25) is 0 Å². The summed E-state index contributed by atoms with van der Waals surface area (Å²) in [6.07, 6.45) is 1.23. The van der Waals surface area contributed by atoms with Crippen LogP contribution in [0.4, 0.5) is 11.4 Å². The van der Waals surface area contributed by atoms with Crippen LogP contribution in [0.25, 0.3) is 0 Å². The number of carbonyl (C=O) groups excluding carboxylic acids is 2. The first kappa shape index (κ1) is 25.7. The Labute approximate surface area is 207 Å². The highest BCUT2D eigenvalue weighted by Gasteiger charge is 2.46. The summed E-state index contributed by atoms with van der Waals surface area (Å²) in [6.45, 7) is 4.27. The lowest BCUT2D eigenvalue weighted by Gasteiger charge is -2.36. The monoisotopic (exact) mass is 533 g/mol. The first-order chi connectivity index (χ1) is 16.5. The van der Waals surface area contributed by atoms with E-state index in [1.54, 1.807) is 6.07 Å². The Morgan fingerprint density at radius 2 is 1.50 bits per heavy atom. The number of nitrogen functional groups attached to an aromatic ring is 1. The zero-order chi connectivity index (χ0) is 27.0. The van der Waals surface area contributed by atoms with Crippen LogP contribution in [0, 0.1) is 0 Å². The molecule has 2 aliphatic rings. The molecule has 0 amide bonds. The molecular formula is C23H23N3O8S2. The molecule has 0 aromatic heterocycles. The molecule has 2 aromatic rings. The van der Waals surface area contributed by atoms with Crippen molar-refractivity contribution >= 4 is 43.2 Å². The summed E-state index contributed by atoms with van der Waals surface area (Å²) in [5, 5.41) is 2.90. The van der Waals surface area contributed by atoms with E-state index < -0.39 is 53.2 Å². The number of hydrogen-bond donors (Lipinski definition) is 5. The molecule has 0 aliphatic heterocycles. The fraction of sp³-hybridized carbons (Fsp3) is 0.217. The highest BCUT2D eigenvalue weighted by molar-refractivity contribution is 7.87. The van der Waals surface area contributed by atoms with E-state index in [1.807, 2.05) is 0 Å². The lowest BCUT2D eigenvalue weighted by Crippen LogP contribution is -2.53. The van der Waals surface area contributed by atoms with Crippen LogP contribution in [0.3, 0.4) is 0 Å². The molecular weight excluding hydrogens is 510 g/mol. The third-order valence-corrected chi connectivity index (χ3v) is 9.05. The molecule has 0 heterocycles. The van der Waals surface area contributed by atoms with Gasteiger partial charge in [-0.3, -0.25) is 18.7 Å². The maximum Gasteiger partial charge on any atom is 0.296 e. The largest absolute Gasteiger partial charge is 0.397 e. The van der Waals surface area contributed by atoms with Gasteiger partial charge in [0.2, 0.25) is 0 Å².